The molecule has 0 radical (unpaired) electrons. The summed E-state index contributed by atoms with van der Waals surface area (Å²) in [4.78, 5) is 24.0. The van der Waals surface area contributed by atoms with Crippen LogP contribution in [0.4, 0.5) is 5.69 Å². The Kier molecular flexibility index (Phi) is 4.02. The normalized spacial score (nSPS) is 10.2. The fourth-order valence-electron chi connectivity index (χ4n) is 1.21. The van der Waals surface area contributed by atoms with Crippen LogP contribution < -0.4 is 11.1 Å². The quantitative estimate of drug-likeness (QED) is 0.767. The lowest BCUT2D eigenvalue weighted by Crippen LogP contribution is -2.27. The smallest absolute Gasteiger partial charge is 0.248 e. The van der Waals surface area contributed by atoms with Gasteiger partial charge in [0.2, 0.25) is 11.8 Å². The maximum Gasteiger partial charge on any atom is 0.248 e. The van der Waals surface area contributed by atoms with Crippen molar-refractivity contribution in [2.75, 3.05) is 26.0 Å². The van der Waals surface area contributed by atoms with Crippen LogP contribution in [-0.2, 0) is 4.79 Å². The van der Waals surface area contributed by atoms with Crippen LogP contribution in [0, 0.1) is 0 Å². The van der Waals surface area contributed by atoms with E-state index >= 15 is 0 Å². The van der Waals surface area contributed by atoms with Gasteiger partial charge in [0.1, 0.15) is 0 Å². The molecule has 0 heterocycles. The molecule has 0 atom stereocenters. The molecular weight excluding hydrogens is 206 g/mol. The highest BCUT2D eigenvalue weighted by Gasteiger charge is 2.04. The molecule has 86 valence electrons. The van der Waals surface area contributed by atoms with E-state index in [0.717, 1.165) is 0 Å². The van der Waals surface area contributed by atoms with Crippen molar-refractivity contribution < 1.29 is 9.59 Å². The number of benzene rings is 1. The van der Waals surface area contributed by atoms with Crippen molar-refractivity contribution in [2.45, 2.75) is 0 Å². The molecule has 5 heteroatoms. The standard InChI is InChI=1S/C11H15N3O2/c1-14(2)7-10(15)13-9-5-3-8(4-6-9)11(12)16/h3-6H,7H2,1-2H3,(H2,12,16)(H,13,15). The van der Waals surface area contributed by atoms with Crippen LogP contribution in [0.25, 0.3) is 0 Å². The first-order chi connectivity index (χ1) is 7.49. The third-order valence-electron chi connectivity index (χ3n) is 1.91. The topological polar surface area (TPSA) is 75.4 Å². The number of nitrogens with zero attached hydrogens (tertiary/aromatic N) is 1. The zero-order valence-corrected chi connectivity index (χ0v) is 9.36. The lowest BCUT2D eigenvalue weighted by atomic mass is 10.2. The van der Waals surface area contributed by atoms with Crippen molar-refractivity contribution in [1.82, 2.24) is 4.90 Å². The van der Waals surface area contributed by atoms with Gasteiger partial charge in [0.25, 0.3) is 0 Å². The van der Waals surface area contributed by atoms with Crippen molar-refractivity contribution >= 4 is 17.5 Å². The number of primary amides is 1. The van der Waals surface area contributed by atoms with Gasteiger partial charge in [-0.3, -0.25) is 9.59 Å². The van der Waals surface area contributed by atoms with E-state index in [1.165, 1.54) is 0 Å². The maximum absolute atomic E-state index is 11.4. The van der Waals surface area contributed by atoms with Gasteiger partial charge < -0.3 is 16.0 Å². The molecule has 1 aromatic carbocycles. The molecule has 1 rings (SSSR count). The van der Waals surface area contributed by atoms with Gasteiger partial charge in [-0.2, -0.15) is 0 Å². The van der Waals surface area contributed by atoms with Crippen LogP contribution in [0.5, 0.6) is 0 Å². The Balaban J connectivity index is 2.62. The third kappa shape index (κ3) is 3.70. The van der Waals surface area contributed by atoms with Gasteiger partial charge >= 0.3 is 0 Å². The lowest BCUT2D eigenvalue weighted by Gasteiger charge is -2.10. The molecule has 0 saturated heterocycles. The molecule has 2 amide bonds. The Morgan fingerprint density at radius 1 is 1.25 bits per heavy atom. The minimum atomic E-state index is -0.480. The van der Waals surface area contributed by atoms with Crippen molar-refractivity contribution in [3.63, 3.8) is 0 Å². The zero-order valence-electron chi connectivity index (χ0n) is 9.36. The molecule has 1 aromatic rings. The van der Waals surface area contributed by atoms with E-state index in [-0.39, 0.29) is 5.91 Å². The Bertz CT molecular complexity index is 385. The van der Waals surface area contributed by atoms with E-state index in [1.807, 2.05) is 14.1 Å². The van der Waals surface area contributed by atoms with Crippen LogP contribution in [0.1, 0.15) is 10.4 Å². The highest BCUT2D eigenvalue weighted by Crippen LogP contribution is 2.08. The number of nitrogens with two attached hydrogens (primary N) is 1. The summed E-state index contributed by atoms with van der Waals surface area (Å²) in [7, 11) is 3.63. The Labute approximate surface area is 94.2 Å². The molecule has 0 aliphatic rings. The van der Waals surface area contributed by atoms with Gasteiger partial charge in [0.05, 0.1) is 6.54 Å². The summed E-state index contributed by atoms with van der Waals surface area (Å²) in [6.07, 6.45) is 0. The fourth-order valence-corrected chi connectivity index (χ4v) is 1.21. The van der Waals surface area contributed by atoms with Crippen molar-refractivity contribution in [3.8, 4) is 0 Å². The summed E-state index contributed by atoms with van der Waals surface area (Å²) in [5.74, 6) is -0.581. The van der Waals surface area contributed by atoms with E-state index in [4.69, 9.17) is 5.73 Å². The van der Waals surface area contributed by atoms with Crippen molar-refractivity contribution in [3.05, 3.63) is 29.8 Å². The number of amides is 2. The molecule has 16 heavy (non-hydrogen) atoms. The number of anilines is 1. The molecule has 0 fully saturated rings. The van der Waals surface area contributed by atoms with E-state index in [1.54, 1.807) is 29.2 Å². The summed E-state index contributed by atoms with van der Waals surface area (Å²) in [5.41, 5.74) is 6.17. The van der Waals surface area contributed by atoms with Crippen molar-refractivity contribution in [1.29, 1.82) is 0 Å². The first kappa shape index (κ1) is 12.2. The summed E-state index contributed by atoms with van der Waals surface area (Å²) in [5, 5.41) is 2.71. The molecule has 0 unspecified atom stereocenters. The highest BCUT2D eigenvalue weighted by atomic mass is 16.2. The van der Waals surface area contributed by atoms with E-state index in [9.17, 15) is 9.59 Å². The summed E-state index contributed by atoms with van der Waals surface area (Å²) in [6.45, 7) is 0.317. The van der Waals surface area contributed by atoms with Gasteiger partial charge in [-0.25, -0.2) is 0 Å². The second kappa shape index (κ2) is 5.27. The summed E-state index contributed by atoms with van der Waals surface area (Å²) < 4.78 is 0. The first-order valence-corrected chi connectivity index (χ1v) is 4.83. The van der Waals surface area contributed by atoms with Crippen LogP contribution in [0.3, 0.4) is 0 Å². The molecule has 0 spiro atoms. The average molecular weight is 221 g/mol. The molecule has 0 aliphatic carbocycles. The number of nitrogens with one attached hydrogen (secondary N) is 1. The molecule has 0 aromatic heterocycles. The number of carbonyl (C=O) groups is 2. The van der Waals surface area contributed by atoms with Crippen LogP contribution in [-0.4, -0.2) is 37.4 Å². The Morgan fingerprint density at radius 2 is 1.81 bits per heavy atom. The zero-order chi connectivity index (χ0) is 12.1. The minimum Gasteiger partial charge on any atom is -0.366 e. The molecular formula is C11H15N3O2. The van der Waals surface area contributed by atoms with E-state index in [0.29, 0.717) is 17.8 Å². The van der Waals surface area contributed by atoms with Crippen molar-refractivity contribution in [2.24, 2.45) is 5.73 Å². The van der Waals surface area contributed by atoms with Gasteiger partial charge in [0, 0.05) is 11.3 Å². The lowest BCUT2D eigenvalue weighted by molar-refractivity contribution is -0.116. The average Bonchev–Trinajstić information content (AvgIpc) is 2.16. The second-order valence-corrected chi connectivity index (χ2v) is 3.73. The predicted molar refractivity (Wildman–Crippen MR) is 62.1 cm³/mol. The van der Waals surface area contributed by atoms with Gasteiger partial charge in [0.15, 0.2) is 0 Å². The SMILES string of the molecule is CN(C)CC(=O)Nc1ccc(C(N)=O)cc1. The number of hydrogen-bond donors (Lipinski definition) is 2. The third-order valence-corrected chi connectivity index (χ3v) is 1.91. The molecule has 0 bridgehead atoms. The number of carbonyl (C=O) groups excluding carboxylic acids is 2. The van der Waals surface area contributed by atoms with Crippen LogP contribution in [0.15, 0.2) is 24.3 Å². The maximum atomic E-state index is 11.4. The molecule has 0 saturated carbocycles. The van der Waals surface area contributed by atoms with Gasteiger partial charge in [-0.15, -0.1) is 0 Å². The first-order valence-electron chi connectivity index (χ1n) is 4.83. The van der Waals surface area contributed by atoms with Gasteiger partial charge in [-0.05, 0) is 38.4 Å². The Hall–Kier alpha value is -1.88. The number of rotatable bonds is 4. The van der Waals surface area contributed by atoms with Crippen LogP contribution in [0.2, 0.25) is 0 Å². The van der Waals surface area contributed by atoms with E-state index < -0.39 is 5.91 Å². The molecule has 0 aliphatic heterocycles. The Morgan fingerprint density at radius 3 is 2.25 bits per heavy atom. The summed E-state index contributed by atoms with van der Waals surface area (Å²) >= 11 is 0. The summed E-state index contributed by atoms with van der Waals surface area (Å²) in [6, 6.07) is 6.45. The van der Waals surface area contributed by atoms with Crippen LogP contribution >= 0.6 is 0 Å². The highest BCUT2D eigenvalue weighted by molar-refractivity contribution is 5.95. The number of hydrogen-bond acceptors (Lipinski definition) is 3. The fraction of sp³-hybridized carbons (Fsp3) is 0.273. The second-order valence-electron chi connectivity index (χ2n) is 3.73. The molecule has 5 nitrogen and oxygen atoms in total. The predicted octanol–water partition coefficient (Wildman–Crippen LogP) is 0.286. The van der Waals surface area contributed by atoms with E-state index in [2.05, 4.69) is 5.32 Å². The monoisotopic (exact) mass is 221 g/mol. The number of likely N-dealkylation sites (N-methyl/N-ethyl adjacent to an activating group) is 1. The minimum absolute atomic E-state index is 0.100. The largest absolute Gasteiger partial charge is 0.366 e. The van der Waals surface area contributed by atoms with Gasteiger partial charge in [-0.1, -0.05) is 0 Å². The molecule has 3 N–H and O–H groups in total.